The van der Waals surface area contributed by atoms with E-state index in [1.165, 1.54) is 11.3 Å². The van der Waals surface area contributed by atoms with E-state index in [2.05, 4.69) is 30.4 Å². The minimum Gasteiger partial charge on any atom is -0.299 e. The van der Waals surface area contributed by atoms with Crippen LogP contribution in [0.25, 0.3) is 0 Å². The Morgan fingerprint density at radius 1 is 1.45 bits per heavy atom. The second-order valence-electron chi connectivity index (χ2n) is 5.41. The van der Waals surface area contributed by atoms with Crippen LogP contribution in [0.4, 0.5) is 0 Å². The SMILES string of the molecule is CCCNC1(C#N)CCCC(Sc2ccc(Cl)cc2)C1. The van der Waals surface area contributed by atoms with Crippen molar-refractivity contribution in [1.29, 1.82) is 5.26 Å². The number of nitriles is 1. The average molecular weight is 309 g/mol. The molecule has 1 N–H and O–H groups in total. The van der Waals surface area contributed by atoms with Gasteiger partial charge in [-0.05, 0) is 62.9 Å². The van der Waals surface area contributed by atoms with Crippen molar-refractivity contribution in [3.63, 3.8) is 0 Å². The van der Waals surface area contributed by atoms with Crippen LogP contribution in [0.3, 0.4) is 0 Å². The molecule has 1 saturated carbocycles. The topological polar surface area (TPSA) is 35.8 Å². The molecule has 0 amide bonds. The molecule has 2 unspecified atom stereocenters. The molecule has 0 spiro atoms. The van der Waals surface area contributed by atoms with E-state index in [9.17, 15) is 5.26 Å². The van der Waals surface area contributed by atoms with Gasteiger partial charge in [-0.3, -0.25) is 5.32 Å². The summed E-state index contributed by atoms with van der Waals surface area (Å²) in [5, 5.41) is 14.3. The molecule has 1 aliphatic rings. The van der Waals surface area contributed by atoms with Gasteiger partial charge in [-0.15, -0.1) is 11.8 Å². The summed E-state index contributed by atoms with van der Waals surface area (Å²) in [6.45, 7) is 3.06. The standard InChI is InChI=1S/C16H21ClN2S/c1-2-10-19-16(12-18)9-3-4-15(11-16)20-14-7-5-13(17)6-8-14/h5-8,15,19H,2-4,9-11H2,1H3. The van der Waals surface area contributed by atoms with Crippen LogP contribution in [0.15, 0.2) is 29.2 Å². The van der Waals surface area contributed by atoms with Crippen LogP contribution in [0.2, 0.25) is 5.02 Å². The fraction of sp³-hybridized carbons (Fsp3) is 0.562. The molecule has 1 aromatic rings. The normalized spacial score (nSPS) is 26.1. The summed E-state index contributed by atoms with van der Waals surface area (Å²) < 4.78 is 0. The predicted octanol–water partition coefficient (Wildman–Crippen LogP) is 4.64. The molecule has 2 nitrogen and oxygen atoms in total. The van der Waals surface area contributed by atoms with Gasteiger partial charge in [0.25, 0.3) is 0 Å². The lowest BCUT2D eigenvalue weighted by Crippen LogP contribution is -2.48. The highest BCUT2D eigenvalue weighted by Crippen LogP contribution is 2.38. The number of rotatable bonds is 5. The van der Waals surface area contributed by atoms with Gasteiger partial charge in [-0.25, -0.2) is 0 Å². The van der Waals surface area contributed by atoms with Crippen molar-refractivity contribution < 1.29 is 0 Å². The maximum absolute atomic E-state index is 9.55. The number of nitrogens with one attached hydrogen (secondary N) is 1. The zero-order valence-electron chi connectivity index (χ0n) is 11.9. The molecule has 0 saturated heterocycles. The molecule has 2 atom stereocenters. The van der Waals surface area contributed by atoms with Gasteiger partial charge in [0.05, 0.1) is 6.07 Å². The van der Waals surface area contributed by atoms with Gasteiger partial charge in [0.1, 0.15) is 5.54 Å². The molecule has 1 fully saturated rings. The Labute approximate surface area is 130 Å². The zero-order valence-corrected chi connectivity index (χ0v) is 13.4. The summed E-state index contributed by atoms with van der Waals surface area (Å²) in [6, 6.07) is 10.5. The van der Waals surface area contributed by atoms with Crippen LogP contribution in [0, 0.1) is 11.3 Å². The molecule has 0 bridgehead atoms. The van der Waals surface area contributed by atoms with Gasteiger partial charge >= 0.3 is 0 Å². The van der Waals surface area contributed by atoms with Gasteiger partial charge in [-0.2, -0.15) is 5.26 Å². The van der Waals surface area contributed by atoms with Crippen molar-refractivity contribution >= 4 is 23.4 Å². The Kier molecular flexibility index (Phi) is 5.77. The van der Waals surface area contributed by atoms with Crippen LogP contribution in [0.5, 0.6) is 0 Å². The van der Waals surface area contributed by atoms with E-state index >= 15 is 0 Å². The molecule has 1 aromatic carbocycles. The Morgan fingerprint density at radius 3 is 2.85 bits per heavy atom. The first-order valence-electron chi connectivity index (χ1n) is 7.26. The van der Waals surface area contributed by atoms with Gasteiger partial charge in [0.15, 0.2) is 0 Å². The van der Waals surface area contributed by atoms with E-state index in [1.807, 2.05) is 23.9 Å². The number of halogens is 1. The van der Waals surface area contributed by atoms with Crippen molar-refractivity contribution in [2.75, 3.05) is 6.54 Å². The maximum Gasteiger partial charge on any atom is 0.107 e. The lowest BCUT2D eigenvalue weighted by molar-refractivity contribution is 0.305. The summed E-state index contributed by atoms with van der Waals surface area (Å²) in [5.41, 5.74) is -0.321. The Morgan fingerprint density at radius 2 is 2.20 bits per heavy atom. The number of nitrogens with zero attached hydrogens (tertiary/aromatic N) is 1. The summed E-state index contributed by atoms with van der Waals surface area (Å²) in [4.78, 5) is 1.24. The first-order valence-corrected chi connectivity index (χ1v) is 8.52. The molecular formula is C16H21ClN2S. The zero-order chi connectivity index (χ0) is 14.4. The van der Waals surface area contributed by atoms with Gasteiger partial charge in [0.2, 0.25) is 0 Å². The number of thioether (sulfide) groups is 1. The third-order valence-electron chi connectivity index (χ3n) is 3.75. The van der Waals surface area contributed by atoms with Crippen LogP contribution in [-0.4, -0.2) is 17.3 Å². The van der Waals surface area contributed by atoms with E-state index in [1.54, 1.807) is 0 Å². The lowest BCUT2D eigenvalue weighted by Gasteiger charge is -2.36. The molecule has 0 aliphatic heterocycles. The molecule has 2 rings (SSSR count). The summed E-state index contributed by atoms with van der Waals surface area (Å²) in [5.74, 6) is 0. The largest absolute Gasteiger partial charge is 0.299 e. The fourth-order valence-electron chi connectivity index (χ4n) is 2.70. The van der Waals surface area contributed by atoms with Crippen molar-refractivity contribution in [1.82, 2.24) is 5.32 Å². The van der Waals surface area contributed by atoms with Crippen LogP contribution in [-0.2, 0) is 0 Å². The first kappa shape index (κ1) is 15.7. The Bertz CT molecular complexity index is 468. The molecule has 108 valence electrons. The van der Waals surface area contributed by atoms with Crippen molar-refractivity contribution in [2.45, 2.75) is 54.7 Å². The van der Waals surface area contributed by atoms with Crippen molar-refractivity contribution in [2.24, 2.45) is 0 Å². The second kappa shape index (κ2) is 7.36. The minimum absolute atomic E-state index is 0.321. The van der Waals surface area contributed by atoms with Crippen LogP contribution < -0.4 is 5.32 Å². The quantitative estimate of drug-likeness (QED) is 0.861. The van der Waals surface area contributed by atoms with Crippen LogP contribution in [0.1, 0.15) is 39.0 Å². The molecule has 0 heterocycles. The van der Waals surface area contributed by atoms with E-state index in [0.29, 0.717) is 5.25 Å². The van der Waals surface area contributed by atoms with Crippen molar-refractivity contribution in [3.05, 3.63) is 29.3 Å². The molecular weight excluding hydrogens is 288 g/mol. The number of benzene rings is 1. The predicted molar refractivity (Wildman–Crippen MR) is 86.2 cm³/mol. The highest BCUT2D eigenvalue weighted by molar-refractivity contribution is 8.00. The highest BCUT2D eigenvalue weighted by Gasteiger charge is 2.36. The summed E-state index contributed by atoms with van der Waals surface area (Å²) in [7, 11) is 0. The van der Waals surface area contributed by atoms with E-state index in [4.69, 9.17) is 11.6 Å². The molecule has 0 radical (unpaired) electrons. The molecule has 0 aromatic heterocycles. The number of hydrogen-bond acceptors (Lipinski definition) is 3. The smallest absolute Gasteiger partial charge is 0.107 e. The number of hydrogen-bond donors (Lipinski definition) is 1. The van der Waals surface area contributed by atoms with E-state index in [0.717, 1.165) is 37.3 Å². The second-order valence-corrected chi connectivity index (χ2v) is 7.22. The van der Waals surface area contributed by atoms with Gasteiger partial charge in [0, 0.05) is 15.2 Å². The third-order valence-corrected chi connectivity index (χ3v) is 5.28. The van der Waals surface area contributed by atoms with Crippen LogP contribution >= 0.6 is 23.4 Å². The third kappa shape index (κ3) is 4.15. The van der Waals surface area contributed by atoms with E-state index < -0.39 is 0 Å². The lowest BCUT2D eigenvalue weighted by atomic mass is 9.82. The first-order chi connectivity index (χ1) is 9.67. The molecule has 1 aliphatic carbocycles. The monoisotopic (exact) mass is 308 g/mol. The molecule has 4 heteroatoms. The van der Waals surface area contributed by atoms with Gasteiger partial charge in [-0.1, -0.05) is 18.5 Å². The van der Waals surface area contributed by atoms with Gasteiger partial charge < -0.3 is 0 Å². The minimum atomic E-state index is -0.321. The van der Waals surface area contributed by atoms with E-state index in [-0.39, 0.29) is 5.54 Å². The highest BCUT2D eigenvalue weighted by atomic mass is 35.5. The Hall–Kier alpha value is -0.690. The summed E-state index contributed by atoms with van der Waals surface area (Å²) >= 11 is 7.79. The average Bonchev–Trinajstić information content (AvgIpc) is 2.48. The maximum atomic E-state index is 9.55. The summed E-state index contributed by atoms with van der Waals surface area (Å²) in [6.07, 6.45) is 5.27. The Balaban J connectivity index is 1.99. The molecule has 20 heavy (non-hydrogen) atoms. The fourth-order valence-corrected chi connectivity index (χ4v) is 4.15. The van der Waals surface area contributed by atoms with Crippen molar-refractivity contribution in [3.8, 4) is 6.07 Å².